The van der Waals surface area contributed by atoms with Gasteiger partial charge in [0.2, 0.25) is 0 Å². The maximum Gasteiger partial charge on any atom is 0.142 e. The van der Waals surface area contributed by atoms with E-state index in [9.17, 15) is 8.78 Å². The highest BCUT2D eigenvalue weighted by Gasteiger charge is 2.13. The van der Waals surface area contributed by atoms with Crippen molar-refractivity contribution in [1.29, 1.82) is 0 Å². The minimum atomic E-state index is -0.674. The van der Waals surface area contributed by atoms with E-state index in [0.717, 1.165) is 24.1 Å². The second kappa shape index (κ2) is 9.28. The van der Waals surface area contributed by atoms with Crippen molar-refractivity contribution in [2.24, 2.45) is 10.9 Å². The van der Waals surface area contributed by atoms with E-state index in [1.807, 2.05) is 6.07 Å². The van der Waals surface area contributed by atoms with E-state index in [0.29, 0.717) is 22.7 Å². The molecule has 0 fully saturated rings. The van der Waals surface area contributed by atoms with Crippen molar-refractivity contribution in [2.75, 3.05) is 0 Å². The molecule has 0 aliphatic heterocycles. The fraction of sp³-hybridized carbons (Fsp3) is 0.160. The lowest BCUT2D eigenvalue weighted by molar-refractivity contribution is 0.572. The predicted octanol–water partition coefficient (Wildman–Crippen LogP) is 7.34. The van der Waals surface area contributed by atoms with Gasteiger partial charge in [-0.1, -0.05) is 36.1 Å². The molecule has 30 heavy (non-hydrogen) atoms. The number of aliphatic imine (C=N–C) groups is 1. The fourth-order valence-electron chi connectivity index (χ4n) is 3.44. The summed E-state index contributed by atoms with van der Waals surface area (Å²) >= 11 is 6.16. The molecule has 1 aromatic heterocycles. The molecule has 2 aromatic carbocycles. The molecule has 0 N–H and O–H groups in total. The van der Waals surface area contributed by atoms with Crippen molar-refractivity contribution >= 4 is 34.4 Å². The van der Waals surface area contributed by atoms with E-state index in [1.54, 1.807) is 35.6 Å². The van der Waals surface area contributed by atoms with E-state index >= 15 is 0 Å². The molecule has 0 unspecified atom stereocenters. The van der Waals surface area contributed by atoms with Crippen LogP contribution in [-0.4, -0.2) is 5.16 Å². The summed E-state index contributed by atoms with van der Waals surface area (Å²) in [6.07, 6.45) is 7.69. The minimum absolute atomic E-state index is 0.212. The number of benzene rings is 2. The summed E-state index contributed by atoms with van der Waals surface area (Å²) in [4.78, 5) is 5.94. The summed E-state index contributed by atoms with van der Waals surface area (Å²) in [5, 5.41) is 2.29. The Hall–Kier alpha value is -2.90. The Morgan fingerprint density at radius 3 is 2.30 bits per heavy atom. The van der Waals surface area contributed by atoms with Gasteiger partial charge >= 0.3 is 0 Å². The predicted molar refractivity (Wildman–Crippen MR) is 122 cm³/mol. The summed E-state index contributed by atoms with van der Waals surface area (Å²) in [7, 11) is 0. The van der Waals surface area contributed by atoms with Crippen LogP contribution in [0.25, 0.3) is 11.1 Å². The van der Waals surface area contributed by atoms with Gasteiger partial charge in [-0.3, -0.25) is 0 Å². The number of nitrogens with zero attached hydrogens (tertiary/aromatic N) is 1. The van der Waals surface area contributed by atoms with Crippen molar-refractivity contribution in [2.45, 2.75) is 19.3 Å². The lowest BCUT2D eigenvalue weighted by Gasteiger charge is -2.05. The summed E-state index contributed by atoms with van der Waals surface area (Å²) in [5.74, 6) is 4.89. The number of rotatable bonds is 4. The quantitative estimate of drug-likeness (QED) is 0.181. The second-order valence-electron chi connectivity index (χ2n) is 7.09. The van der Waals surface area contributed by atoms with Crippen LogP contribution in [0, 0.1) is 29.4 Å². The number of hydrogen-bond acceptors (Lipinski definition) is 3. The van der Waals surface area contributed by atoms with Crippen LogP contribution < -0.4 is 0 Å². The molecule has 0 radical (unpaired) electrons. The number of hydrogen-bond donors (Lipinski definition) is 0. The molecule has 0 bridgehead atoms. The average Bonchev–Trinajstić information content (AvgIpc) is 3.41. The van der Waals surface area contributed by atoms with Gasteiger partial charge in [0, 0.05) is 4.88 Å². The zero-order valence-corrected chi connectivity index (χ0v) is 17.6. The lowest BCUT2D eigenvalue weighted by Crippen LogP contribution is -1.96. The molecular formula is C25H17F2NS2. The van der Waals surface area contributed by atoms with Gasteiger partial charge in [0.15, 0.2) is 0 Å². The van der Waals surface area contributed by atoms with Crippen LogP contribution in [0.5, 0.6) is 0 Å². The number of thiocarbonyl (C=S) groups is 1. The standard InChI is InChI=1S/C25H17F2NS2/c26-24-14-19(18-5-7-20(8-6-18)28-16-29)15-25(27)23(24)12-11-21-9-10-22(30-21)13-17-3-1-2-4-17/h1-2,5-10,14-15,17H,3-4,13H2. The van der Waals surface area contributed by atoms with Crippen molar-refractivity contribution < 1.29 is 8.78 Å². The van der Waals surface area contributed by atoms with E-state index < -0.39 is 11.6 Å². The highest BCUT2D eigenvalue weighted by Crippen LogP contribution is 2.28. The van der Waals surface area contributed by atoms with Crippen LogP contribution in [0.3, 0.4) is 0 Å². The van der Waals surface area contributed by atoms with Crippen LogP contribution >= 0.6 is 23.6 Å². The molecule has 0 saturated heterocycles. The third kappa shape index (κ3) is 4.80. The third-order valence-electron chi connectivity index (χ3n) is 4.99. The highest BCUT2D eigenvalue weighted by molar-refractivity contribution is 7.78. The molecular weight excluding hydrogens is 416 g/mol. The van der Waals surface area contributed by atoms with Gasteiger partial charge < -0.3 is 0 Å². The molecule has 3 aromatic rings. The normalized spacial score (nSPS) is 13.0. The minimum Gasteiger partial charge on any atom is -0.205 e. The monoisotopic (exact) mass is 433 g/mol. The summed E-state index contributed by atoms with van der Waals surface area (Å²) in [5.41, 5.74) is 1.55. The summed E-state index contributed by atoms with van der Waals surface area (Å²) < 4.78 is 29.2. The highest BCUT2D eigenvalue weighted by atomic mass is 32.1. The third-order valence-corrected chi connectivity index (χ3v) is 6.10. The topological polar surface area (TPSA) is 12.4 Å². The molecule has 1 nitrogen and oxygen atoms in total. The van der Waals surface area contributed by atoms with Gasteiger partial charge in [0.05, 0.1) is 21.3 Å². The van der Waals surface area contributed by atoms with Gasteiger partial charge in [-0.2, -0.15) is 4.99 Å². The summed E-state index contributed by atoms with van der Waals surface area (Å²) in [6.45, 7) is 0. The number of isothiocyanates is 1. The SMILES string of the molecule is Fc1cc(-c2ccc(N=C=S)cc2)cc(F)c1C#Cc1ccc(CC2CC=CC2)s1. The van der Waals surface area contributed by atoms with Gasteiger partial charge in [-0.05, 0) is 84.9 Å². The van der Waals surface area contributed by atoms with E-state index in [4.69, 9.17) is 0 Å². The average molecular weight is 434 g/mol. The molecule has 0 spiro atoms. The maximum atomic E-state index is 14.6. The van der Waals surface area contributed by atoms with Crippen molar-refractivity contribution in [3.63, 3.8) is 0 Å². The molecule has 0 atom stereocenters. The first-order chi connectivity index (χ1) is 14.6. The Labute approximate surface area is 183 Å². The van der Waals surface area contributed by atoms with E-state index in [-0.39, 0.29) is 5.56 Å². The zero-order valence-electron chi connectivity index (χ0n) is 16.0. The largest absolute Gasteiger partial charge is 0.205 e. The Balaban J connectivity index is 1.53. The molecule has 1 heterocycles. The van der Waals surface area contributed by atoms with Crippen LogP contribution in [0.2, 0.25) is 0 Å². The molecule has 0 saturated carbocycles. The van der Waals surface area contributed by atoms with Crippen LogP contribution in [0.4, 0.5) is 14.5 Å². The summed E-state index contributed by atoms with van der Waals surface area (Å²) in [6, 6.07) is 13.5. The van der Waals surface area contributed by atoms with Crippen LogP contribution in [-0.2, 0) is 6.42 Å². The van der Waals surface area contributed by atoms with Gasteiger partial charge in [0.25, 0.3) is 0 Å². The first-order valence-electron chi connectivity index (χ1n) is 9.55. The number of thiophene rings is 1. The van der Waals surface area contributed by atoms with Crippen molar-refractivity contribution in [3.8, 4) is 23.0 Å². The Kier molecular flexibility index (Phi) is 6.30. The Bertz CT molecular complexity index is 1170. The molecule has 1 aliphatic carbocycles. The van der Waals surface area contributed by atoms with Gasteiger partial charge in [-0.25, -0.2) is 8.78 Å². The number of halogens is 2. The van der Waals surface area contributed by atoms with Crippen molar-refractivity contribution in [1.82, 2.24) is 0 Å². The Morgan fingerprint density at radius 2 is 1.63 bits per heavy atom. The van der Waals surface area contributed by atoms with Gasteiger partial charge in [-0.15, -0.1) is 11.3 Å². The van der Waals surface area contributed by atoms with Crippen LogP contribution in [0.1, 0.15) is 28.2 Å². The van der Waals surface area contributed by atoms with Crippen molar-refractivity contribution in [3.05, 3.63) is 87.6 Å². The van der Waals surface area contributed by atoms with E-state index in [2.05, 4.69) is 52.4 Å². The first kappa shape index (κ1) is 20.4. The molecule has 0 amide bonds. The van der Waals surface area contributed by atoms with Crippen LogP contribution in [0.15, 0.2) is 65.7 Å². The first-order valence-corrected chi connectivity index (χ1v) is 10.8. The molecule has 1 aliphatic rings. The second-order valence-corrected chi connectivity index (χ2v) is 8.44. The molecule has 148 valence electrons. The smallest absolute Gasteiger partial charge is 0.142 e. The Morgan fingerprint density at radius 1 is 0.933 bits per heavy atom. The molecule has 4 rings (SSSR count). The lowest BCUT2D eigenvalue weighted by atomic mass is 10.0. The maximum absolute atomic E-state index is 14.6. The van der Waals surface area contributed by atoms with E-state index in [1.165, 1.54) is 17.0 Å². The number of allylic oxidation sites excluding steroid dienone is 2. The zero-order chi connectivity index (χ0) is 20.9. The van der Waals surface area contributed by atoms with Gasteiger partial charge in [0.1, 0.15) is 11.6 Å². The molecule has 5 heteroatoms. The fourth-order valence-corrected chi connectivity index (χ4v) is 4.53.